The minimum Gasteiger partial charge on any atom is -0.493 e. The molecule has 0 aliphatic carbocycles. The van der Waals surface area contributed by atoms with Crippen LogP contribution in [-0.4, -0.2) is 92.3 Å². The van der Waals surface area contributed by atoms with Crippen LogP contribution < -0.4 is 18.9 Å². The molecule has 11 nitrogen and oxygen atoms in total. The summed E-state index contributed by atoms with van der Waals surface area (Å²) in [5.74, 6) is 2.21. The van der Waals surface area contributed by atoms with Gasteiger partial charge in [0.05, 0.1) is 53.4 Å². The lowest BCUT2D eigenvalue weighted by Crippen LogP contribution is -2.60. The van der Waals surface area contributed by atoms with Crippen molar-refractivity contribution in [1.82, 2.24) is 0 Å². The van der Waals surface area contributed by atoms with E-state index in [1.54, 1.807) is 26.4 Å². The van der Waals surface area contributed by atoms with Crippen molar-refractivity contribution < 1.29 is 53.6 Å². The summed E-state index contributed by atoms with van der Waals surface area (Å²) < 4.78 is 40.1. The van der Waals surface area contributed by atoms with Crippen molar-refractivity contribution in [1.29, 1.82) is 0 Å². The fraction of sp³-hybridized carbons (Fsp3) is 0.556. The van der Waals surface area contributed by atoms with Gasteiger partial charge in [-0.15, -0.1) is 0 Å². The van der Waals surface area contributed by atoms with Crippen LogP contribution in [0.5, 0.6) is 23.0 Å². The molecule has 208 valence electrons. The number of ether oxygens (including phenoxy) is 7. The number of hydrogen-bond donors (Lipinski definition) is 4. The fourth-order valence-electron chi connectivity index (χ4n) is 5.51. The Hall–Kier alpha value is -2.64. The number of fused-ring (bicyclic) bond motifs is 1. The normalized spacial score (nSPS) is 34.6. The third-order valence-electron chi connectivity index (χ3n) is 7.61. The molecular formula is C27H34O11. The van der Waals surface area contributed by atoms with Gasteiger partial charge in [0.25, 0.3) is 0 Å². The van der Waals surface area contributed by atoms with E-state index in [1.807, 2.05) is 24.3 Å². The molecule has 0 bridgehead atoms. The van der Waals surface area contributed by atoms with Crippen molar-refractivity contribution in [2.24, 2.45) is 11.8 Å². The van der Waals surface area contributed by atoms with Crippen LogP contribution in [-0.2, 0) is 14.2 Å². The van der Waals surface area contributed by atoms with Crippen LogP contribution in [0, 0.1) is 11.8 Å². The molecule has 0 radical (unpaired) electrons. The minimum atomic E-state index is -1.54. The second-order valence-electron chi connectivity index (χ2n) is 9.68. The van der Waals surface area contributed by atoms with Crippen LogP contribution in [0.4, 0.5) is 0 Å². The lowest BCUT2D eigenvalue weighted by Gasteiger charge is -2.39. The molecule has 4 unspecified atom stereocenters. The molecule has 2 aromatic carbocycles. The molecular weight excluding hydrogens is 500 g/mol. The van der Waals surface area contributed by atoms with Crippen molar-refractivity contribution in [3.05, 3.63) is 47.5 Å². The van der Waals surface area contributed by atoms with E-state index in [0.717, 1.165) is 11.1 Å². The number of aliphatic hydroxyl groups excluding tert-OH is 4. The number of benzene rings is 2. The van der Waals surface area contributed by atoms with Crippen LogP contribution in [0.15, 0.2) is 36.4 Å². The van der Waals surface area contributed by atoms with E-state index in [1.165, 1.54) is 7.11 Å². The maximum Gasteiger partial charge on any atom is 0.229 e. The second kappa shape index (κ2) is 11.2. The predicted molar refractivity (Wildman–Crippen MR) is 131 cm³/mol. The summed E-state index contributed by atoms with van der Waals surface area (Å²) in [6.45, 7) is 0.508. The zero-order chi connectivity index (χ0) is 27.0. The smallest absolute Gasteiger partial charge is 0.229 e. The van der Waals surface area contributed by atoms with Crippen LogP contribution in [0.3, 0.4) is 0 Å². The Morgan fingerprint density at radius 2 is 1.24 bits per heavy atom. The van der Waals surface area contributed by atoms with Gasteiger partial charge >= 0.3 is 0 Å². The number of aliphatic hydroxyl groups is 4. The Morgan fingerprint density at radius 3 is 1.76 bits per heavy atom. The maximum atomic E-state index is 10.3. The van der Waals surface area contributed by atoms with Crippen molar-refractivity contribution in [2.45, 2.75) is 42.9 Å². The van der Waals surface area contributed by atoms with Gasteiger partial charge < -0.3 is 53.6 Å². The SMILES string of the molecule is COc1ccc(C2OCC3C(c4ccc(O[C@@H]5O[C@H](CO)[C@@H](O)[C@H](O)[C@H]5O)c(OC)c4)OCC23)cc1OC. The number of methoxy groups -OCH3 is 3. The molecule has 9 atom stereocenters. The molecule has 3 aliphatic rings. The van der Waals surface area contributed by atoms with E-state index in [9.17, 15) is 20.4 Å². The van der Waals surface area contributed by atoms with E-state index in [0.29, 0.717) is 30.5 Å². The largest absolute Gasteiger partial charge is 0.493 e. The molecule has 3 fully saturated rings. The van der Waals surface area contributed by atoms with Gasteiger partial charge in [-0.1, -0.05) is 12.1 Å². The molecule has 3 saturated heterocycles. The lowest BCUT2D eigenvalue weighted by molar-refractivity contribution is -0.277. The first-order chi connectivity index (χ1) is 18.4. The summed E-state index contributed by atoms with van der Waals surface area (Å²) >= 11 is 0. The van der Waals surface area contributed by atoms with Crippen LogP contribution in [0.2, 0.25) is 0 Å². The summed E-state index contributed by atoms with van der Waals surface area (Å²) in [6, 6.07) is 11.1. The van der Waals surface area contributed by atoms with E-state index >= 15 is 0 Å². The van der Waals surface area contributed by atoms with E-state index in [4.69, 9.17) is 33.2 Å². The van der Waals surface area contributed by atoms with Gasteiger partial charge in [0.1, 0.15) is 24.4 Å². The van der Waals surface area contributed by atoms with Crippen molar-refractivity contribution >= 4 is 0 Å². The third kappa shape index (κ3) is 4.79. The molecule has 0 aromatic heterocycles. The zero-order valence-electron chi connectivity index (χ0n) is 21.4. The highest BCUT2D eigenvalue weighted by molar-refractivity contribution is 5.45. The van der Waals surface area contributed by atoms with Gasteiger partial charge in [-0.2, -0.15) is 0 Å². The minimum absolute atomic E-state index is 0.120. The standard InChI is InChI=1S/C27H34O11/c1-32-17-6-4-13(8-19(17)33-2)25-15-11-36-26(16(15)12-35-25)14-5-7-18(20(9-14)34-3)37-27-24(31)23(30)22(29)21(10-28)38-27/h4-9,15-16,21-31H,10-12H2,1-3H3/t15?,16?,21-,22-,23+,24-,25?,26?,27-/m1/s1. The third-order valence-corrected chi connectivity index (χ3v) is 7.61. The highest BCUT2D eigenvalue weighted by Crippen LogP contribution is 2.51. The van der Waals surface area contributed by atoms with Gasteiger partial charge in [0.2, 0.25) is 6.29 Å². The molecule has 0 spiro atoms. The van der Waals surface area contributed by atoms with Crippen molar-refractivity contribution in [3.8, 4) is 23.0 Å². The van der Waals surface area contributed by atoms with Gasteiger partial charge in [-0.3, -0.25) is 0 Å². The van der Waals surface area contributed by atoms with Crippen molar-refractivity contribution in [2.75, 3.05) is 41.2 Å². The lowest BCUT2D eigenvalue weighted by atomic mass is 9.85. The average molecular weight is 535 g/mol. The molecule has 0 saturated carbocycles. The second-order valence-corrected chi connectivity index (χ2v) is 9.68. The molecule has 3 heterocycles. The molecule has 38 heavy (non-hydrogen) atoms. The Balaban J connectivity index is 1.31. The monoisotopic (exact) mass is 534 g/mol. The summed E-state index contributed by atoms with van der Waals surface area (Å²) in [4.78, 5) is 0. The highest BCUT2D eigenvalue weighted by Gasteiger charge is 2.49. The van der Waals surface area contributed by atoms with E-state index < -0.39 is 37.3 Å². The van der Waals surface area contributed by atoms with Crippen LogP contribution in [0.1, 0.15) is 23.3 Å². The Morgan fingerprint density at radius 1 is 0.711 bits per heavy atom. The van der Waals surface area contributed by atoms with Gasteiger partial charge in [0, 0.05) is 11.8 Å². The predicted octanol–water partition coefficient (Wildman–Crippen LogP) is 0.966. The first-order valence-corrected chi connectivity index (χ1v) is 12.5. The summed E-state index contributed by atoms with van der Waals surface area (Å²) in [5.41, 5.74) is 1.88. The van der Waals surface area contributed by atoms with Crippen LogP contribution in [0.25, 0.3) is 0 Å². The van der Waals surface area contributed by atoms with Gasteiger partial charge in [-0.05, 0) is 35.4 Å². The molecule has 2 aromatic rings. The summed E-state index contributed by atoms with van der Waals surface area (Å²) in [6.07, 6.45) is -7.29. The van der Waals surface area contributed by atoms with E-state index in [2.05, 4.69) is 0 Å². The highest BCUT2D eigenvalue weighted by atomic mass is 16.7. The van der Waals surface area contributed by atoms with Gasteiger partial charge in [0.15, 0.2) is 23.0 Å². The number of rotatable bonds is 8. The molecule has 5 rings (SSSR count). The average Bonchev–Trinajstić information content (AvgIpc) is 3.55. The Labute approximate surface area is 220 Å². The zero-order valence-corrected chi connectivity index (χ0v) is 21.4. The fourth-order valence-corrected chi connectivity index (χ4v) is 5.51. The Kier molecular flexibility index (Phi) is 7.96. The molecule has 3 aliphatic heterocycles. The quantitative estimate of drug-likeness (QED) is 0.384. The first-order valence-electron chi connectivity index (χ1n) is 12.5. The maximum absolute atomic E-state index is 10.3. The summed E-state index contributed by atoms with van der Waals surface area (Å²) in [7, 11) is 4.69. The molecule has 0 amide bonds. The topological polar surface area (TPSA) is 146 Å². The Bertz CT molecular complexity index is 1110. The summed E-state index contributed by atoms with van der Waals surface area (Å²) in [5, 5.41) is 39.8. The molecule has 11 heteroatoms. The number of hydrogen-bond acceptors (Lipinski definition) is 11. The first kappa shape index (κ1) is 26.9. The molecule has 4 N–H and O–H groups in total. The van der Waals surface area contributed by atoms with E-state index in [-0.39, 0.29) is 29.8 Å². The van der Waals surface area contributed by atoms with Crippen molar-refractivity contribution in [3.63, 3.8) is 0 Å². The van der Waals surface area contributed by atoms with Crippen LogP contribution >= 0.6 is 0 Å². The van der Waals surface area contributed by atoms with Gasteiger partial charge in [-0.25, -0.2) is 0 Å².